The molecule has 1 aromatic heterocycles. The van der Waals surface area contributed by atoms with Crippen LogP contribution in [0.2, 0.25) is 0 Å². The number of nitrogens with zero attached hydrogens (tertiary/aromatic N) is 3. The first-order valence-electron chi connectivity index (χ1n) is 5.78. The fourth-order valence-electron chi connectivity index (χ4n) is 1.94. The molecule has 0 aliphatic rings. The predicted octanol–water partition coefficient (Wildman–Crippen LogP) is 2.23. The van der Waals surface area contributed by atoms with E-state index in [0.29, 0.717) is 10.9 Å². The van der Waals surface area contributed by atoms with Crippen molar-refractivity contribution in [3.05, 3.63) is 64.2 Å². The van der Waals surface area contributed by atoms with Crippen LogP contribution in [0, 0.1) is 12.7 Å². The molecule has 3 aromatic rings. The molecule has 1 heterocycles. The van der Waals surface area contributed by atoms with Gasteiger partial charge in [0.2, 0.25) is 0 Å². The molecular formula is C14H10FN3O. The summed E-state index contributed by atoms with van der Waals surface area (Å²) < 4.78 is 14.7. The lowest BCUT2D eigenvalue weighted by molar-refractivity contribution is 0.598. The smallest absolute Gasteiger partial charge is 0.267 e. The number of para-hydroxylation sites is 1. The molecular weight excluding hydrogens is 245 g/mol. The van der Waals surface area contributed by atoms with Crippen molar-refractivity contribution in [2.45, 2.75) is 6.92 Å². The minimum absolute atomic E-state index is 0.100. The highest BCUT2D eigenvalue weighted by Gasteiger charge is 2.10. The Balaban J connectivity index is 2.35. The van der Waals surface area contributed by atoms with Crippen molar-refractivity contribution in [1.29, 1.82) is 0 Å². The maximum Gasteiger partial charge on any atom is 0.282 e. The van der Waals surface area contributed by atoms with E-state index in [4.69, 9.17) is 0 Å². The van der Waals surface area contributed by atoms with E-state index in [9.17, 15) is 9.18 Å². The van der Waals surface area contributed by atoms with Crippen molar-refractivity contribution in [1.82, 2.24) is 15.0 Å². The Morgan fingerprint density at radius 2 is 1.95 bits per heavy atom. The van der Waals surface area contributed by atoms with Crippen LogP contribution in [0.5, 0.6) is 0 Å². The predicted molar refractivity (Wildman–Crippen MR) is 69.8 cm³/mol. The molecule has 0 saturated carbocycles. The summed E-state index contributed by atoms with van der Waals surface area (Å²) in [6, 6.07) is 11.3. The molecule has 0 bridgehead atoms. The lowest BCUT2D eigenvalue weighted by Gasteiger charge is -2.05. The number of halogens is 1. The highest BCUT2D eigenvalue weighted by Crippen LogP contribution is 2.12. The summed E-state index contributed by atoms with van der Waals surface area (Å²) in [6.45, 7) is 1.88. The molecule has 0 unspecified atom stereocenters. The molecule has 0 aliphatic heterocycles. The second kappa shape index (κ2) is 4.28. The van der Waals surface area contributed by atoms with E-state index in [0.717, 1.165) is 10.2 Å². The summed E-state index contributed by atoms with van der Waals surface area (Å²) in [6.07, 6.45) is 0. The Labute approximate surface area is 108 Å². The van der Waals surface area contributed by atoms with Crippen molar-refractivity contribution in [3.63, 3.8) is 0 Å². The molecule has 0 atom stereocenters. The van der Waals surface area contributed by atoms with Gasteiger partial charge in [-0.05, 0) is 31.2 Å². The van der Waals surface area contributed by atoms with Crippen molar-refractivity contribution in [2.75, 3.05) is 0 Å². The van der Waals surface area contributed by atoms with Crippen LogP contribution in [0.4, 0.5) is 4.39 Å². The fraction of sp³-hybridized carbons (Fsp3) is 0.0714. The van der Waals surface area contributed by atoms with Gasteiger partial charge in [-0.3, -0.25) is 4.79 Å². The Hall–Kier alpha value is -2.56. The van der Waals surface area contributed by atoms with E-state index in [-0.39, 0.29) is 11.2 Å². The summed E-state index contributed by atoms with van der Waals surface area (Å²) in [4.78, 5) is 12.3. The van der Waals surface area contributed by atoms with Crippen LogP contribution < -0.4 is 5.56 Å². The molecule has 4 nitrogen and oxygen atoms in total. The molecule has 19 heavy (non-hydrogen) atoms. The van der Waals surface area contributed by atoms with Crippen LogP contribution in [-0.2, 0) is 0 Å². The van der Waals surface area contributed by atoms with E-state index in [2.05, 4.69) is 10.3 Å². The SMILES string of the molecule is Cc1ccc2nnn(-c3ccccc3F)c(=O)c2c1. The minimum atomic E-state index is -0.508. The summed E-state index contributed by atoms with van der Waals surface area (Å²) >= 11 is 0. The monoisotopic (exact) mass is 255 g/mol. The molecule has 94 valence electrons. The number of hydrogen-bond acceptors (Lipinski definition) is 3. The lowest BCUT2D eigenvalue weighted by atomic mass is 10.2. The second-order valence-electron chi connectivity index (χ2n) is 4.28. The normalized spacial score (nSPS) is 10.8. The molecule has 0 fully saturated rings. The average molecular weight is 255 g/mol. The Morgan fingerprint density at radius 3 is 2.74 bits per heavy atom. The van der Waals surface area contributed by atoms with Crippen LogP contribution in [-0.4, -0.2) is 15.0 Å². The highest BCUT2D eigenvalue weighted by atomic mass is 19.1. The van der Waals surface area contributed by atoms with E-state index in [1.54, 1.807) is 24.3 Å². The Bertz CT molecular complexity index is 826. The first-order chi connectivity index (χ1) is 9.16. The van der Waals surface area contributed by atoms with E-state index in [1.165, 1.54) is 12.1 Å². The molecule has 0 spiro atoms. The largest absolute Gasteiger partial charge is 0.282 e. The Kier molecular flexibility index (Phi) is 2.59. The first-order valence-corrected chi connectivity index (χ1v) is 5.78. The van der Waals surface area contributed by atoms with Crippen LogP contribution in [0.3, 0.4) is 0 Å². The van der Waals surface area contributed by atoms with Crippen molar-refractivity contribution >= 4 is 10.9 Å². The summed E-state index contributed by atoms with van der Waals surface area (Å²) in [5.41, 5.74) is 1.17. The minimum Gasteiger partial charge on any atom is -0.267 e. The van der Waals surface area contributed by atoms with E-state index in [1.807, 2.05) is 13.0 Å². The lowest BCUT2D eigenvalue weighted by Crippen LogP contribution is -2.23. The number of hydrogen-bond donors (Lipinski definition) is 0. The van der Waals surface area contributed by atoms with Gasteiger partial charge in [-0.25, -0.2) is 4.39 Å². The molecule has 0 radical (unpaired) electrons. The molecule has 0 N–H and O–H groups in total. The first kappa shape index (κ1) is 11.5. The Morgan fingerprint density at radius 1 is 1.16 bits per heavy atom. The number of benzene rings is 2. The maximum atomic E-state index is 13.7. The van der Waals surface area contributed by atoms with Crippen LogP contribution in [0.25, 0.3) is 16.6 Å². The number of rotatable bonds is 1. The quantitative estimate of drug-likeness (QED) is 0.670. The van der Waals surface area contributed by atoms with Gasteiger partial charge < -0.3 is 0 Å². The van der Waals surface area contributed by atoms with Gasteiger partial charge in [0.05, 0.1) is 5.39 Å². The number of aromatic nitrogens is 3. The van der Waals surface area contributed by atoms with E-state index >= 15 is 0 Å². The third kappa shape index (κ3) is 1.89. The van der Waals surface area contributed by atoms with Gasteiger partial charge in [-0.2, -0.15) is 4.68 Å². The fourth-order valence-corrected chi connectivity index (χ4v) is 1.94. The van der Waals surface area contributed by atoms with Gasteiger partial charge in [0, 0.05) is 0 Å². The van der Waals surface area contributed by atoms with Crippen LogP contribution >= 0.6 is 0 Å². The zero-order valence-corrected chi connectivity index (χ0v) is 10.2. The summed E-state index contributed by atoms with van der Waals surface area (Å²) in [7, 11) is 0. The van der Waals surface area contributed by atoms with Gasteiger partial charge >= 0.3 is 0 Å². The summed E-state index contributed by atoms with van der Waals surface area (Å²) in [5, 5.41) is 8.16. The van der Waals surface area contributed by atoms with Gasteiger partial charge in [0.1, 0.15) is 17.0 Å². The van der Waals surface area contributed by atoms with Gasteiger partial charge in [-0.1, -0.05) is 29.0 Å². The average Bonchev–Trinajstić information content (AvgIpc) is 2.41. The van der Waals surface area contributed by atoms with Crippen LogP contribution in [0.15, 0.2) is 47.3 Å². The van der Waals surface area contributed by atoms with Gasteiger partial charge in [-0.15, -0.1) is 5.10 Å². The third-order valence-corrected chi connectivity index (χ3v) is 2.90. The highest BCUT2D eigenvalue weighted by molar-refractivity contribution is 5.77. The van der Waals surface area contributed by atoms with Gasteiger partial charge in [0.25, 0.3) is 5.56 Å². The topological polar surface area (TPSA) is 47.8 Å². The van der Waals surface area contributed by atoms with Crippen molar-refractivity contribution < 1.29 is 4.39 Å². The zero-order valence-electron chi connectivity index (χ0n) is 10.2. The molecule has 0 aliphatic carbocycles. The molecule has 2 aromatic carbocycles. The third-order valence-electron chi connectivity index (χ3n) is 2.90. The molecule has 0 amide bonds. The molecule has 5 heteroatoms. The van der Waals surface area contributed by atoms with Crippen LogP contribution in [0.1, 0.15) is 5.56 Å². The zero-order chi connectivity index (χ0) is 13.4. The maximum absolute atomic E-state index is 13.7. The summed E-state index contributed by atoms with van der Waals surface area (Å²) in [5.74, 6) is -0.508. The van der Waals surface area contributed by atoms with Crippen molar-refractivity contribution in [3.8, 4) is 5.69 Å². The number of aryl methyl sites for hydroxylation is 1. The number of fused-ring (bicyclic) bond motifs is 1. The molecule has 3 rings (SSSR count). The standard InChI is InChI=1S/C14H10FN3O/c1-9-6-7-12-10(8-9)14(19)18(17-16-12)13-5-3-2-4-11(13)15/h2-8H,1H3. The molecule has 0 saturated heterocycles. The van der Waals surface area contributed by atoms with Crippen molar-refractivity contribution in [2.24, 2.45) is 0 Å². The van der Waals surface area contributed by atoms with Gasteiger partial charge in [0.15, 0.2) is 0 Å². The van der Waals surface area contributed by atoms with E-state index < -0.39 is 5.82 Å². The second-order valence-corrected chi connectivity index (χ2v) is 4.28.